The molecule has 0 N–H and O–H groups in total. The zero-order chi connectivity index (χ0) is 27.6. The summed E-state index contributed by atoms with van der Waals surface area (Å²) in [6, 6.07) is 20.4. The summed E-state index contributed by atoms with van der Waals surface area (Å²) in [5.41, 5.74) is 4.89. The van der Waals surface area contributed by atoms with Crippen molar-refractivity contribution in [2.45, 2.75) is 19.3 Å². The third kappa shape index (κ3) is 4.75. The highest BCUT2D eigenvalue weighted by Crippen LogP contribution is 2.34. The van der Waals surface area contributed by atoms with Crippen LogP contribution in [0.3, 0.4) is 0 Å². The van der Waals surface area contributed by atoms with E-state index in [4.69, 9.17) is 23.7 Å². The van der Waals surface area contributed by atoms with Crippen molar-refractivity contribution in [1.29, 1.82) is 0 Å². The molecule has 1 aliphatic carbocycles. The number of para-hydroxylation sites is 1. The van der Waals surface area contributed by atoms with E-state index in [1.165, 1.54) is 6.08 Å². The standard InChI is InChI=1S/C32H26N2O6/c1-37-27-15-11-20(17-29(27)38-2)31-21(19-34(33-31)22-7-4-3-5-8-22)12-16-30(35)39-23-13-14-25-24-9-6-10-26(24)32(36)40-28(25)18-23/h3-5,7-8,11-19H,6,9-10H2,1-2H3/b16-12+. The van der Waals surface area contributed by atoms with Crippen LogP contribution in [0, 0.1) is 0 Å². The average Bonchev–Trinajstić information content (AvgIpc) is 3.65. The number of fused-ring (bicyclic) bond motifs is 3. The van der Waals surface area contributed by atoms with Crippen LogP contribution >= 0.6 is 0 Å². The molecule has 0 atom stereocenters. The van der Waals surface area contributed by atoms with Crippen molar-refractivity contribution >= 4 is 23.0 Å². The molecule has 3 aromatic carbocycles. The second-order valence-corrected chi connectivity index (χ2v) is 9.40. The Kier molecular flexibility index (Phi) is 6.66. The first-order valence-electron chi connectivity index (χ1n) is 12.9. The molecule has 0 amide bonds. The van der Waals surface area contributed by atoms with Gasteiger partial charge in [0.2, 0.25) is 0 Å². The van der Waals surface area contributed by atoms with E-state index in [0.29, 0.717) is 34.1 Å². The van der Waals surface area contributed by atoms with Gasteiger partial charge in [-0.05, 0) is 73.4 Å². The van der Waals surface area contributed by atoms with Gasteiger partial charge in [-0.1, -0.05) is 18.2 Å². The topological polar surface area (TPSA) is 92.8 Å². The van der Waals surface area contributed by atoms with Crippen molar-refractivity contribution in [3.8, 4) is 34.2 Å². The van der Waals surface area contributed by atoms with Crippen molar-refractivity contribution in [3.05, 3.63) is 106 Å². The summed E-state index contributed by atoms with van der Waals surface area (Å²) in [6.07, 6.45) is 7.37. The van der Waals surface area contributed by atoms with Gasteiger partial charge in [-0.3, -0.25) is 0 Å². The lowest BCUT2D eigenvalue weighted by Crippen LogP contribution is -2.07. The Morgan fingerprint density at radius 2 is 1.75 bits per heavy atom. The number of aromatic nitrogens is 2. The lowest BCUT2D eigenvalue weighted by Gasteiger charge is -2.09. The van der Waals surface area contributed by atoms with Crippen molar-refractivity contribution in [3.63, 3.8) is 0 Å². The Hall–Kier alpha value is -5.11. The average molecular weight is 535 g/mol. The van der Waals surface area contributed by atoms with Gasteiger partial charge in [-0.25, -0.2) is 14.3 Å². The number of methoxy groups -OCH3 is 2. The minimum Gasteiger partial charge on any atom is -0.493 e. The minimum absolute atomic E-state index is 0.295. The fourth-order valence-corrected chi connectivity index (χ4v) is 5.07. The van der Waals surface area contributed by atoms with Gasteiger partial charge in [-0.2, -0.15) is 5.10 Å². The quantitative estimate of drug-likeness (QED) is 0.113. The molecule has 0 unspecified atom stereocenters. The van der Waals surface area contributed by atoms with E-state index in [2.05, 4.69) is 0 Å². The maximum absolute atomic E-state index is 12.8. The summed E-state index contributed by atoms with van der Waals surface area (Å²) in [5, 5.41) is 5.67. The van der Waals surface area contributed by atoms with Crippen molar-refractivity contribution in [1.82, 2.24) is 9.78 Å². The third-order valence-corrected chi connectivity index (χ3v) is 6.98. The van der Waals surface area contributed by atoms with Gasteiger partial charge in [-0.15, -0.1) is 0 Å². The zero-order valence-electron chi connectivity index (χ0n) is 22.0. The number of carbonyl (C=O) groups is 1. The smallest absolute Gasteiger partial charge is 0.339 e. The van der Waals surface area contributed by atoms with Crippen LogP contribution < -0.4 is 19.8 Å². The predicted octanol–water partition coefficient (Wildman–Crippen LogP) is 5.77. The summed E-state index contributed by atoms with van der Waals surface area (Å²) in [4.78, 5) is 25.2. The fraction of sp³-hybridized carbons (Fsp3) is 0.156. The Bertz CT molecular complexity index is 1820. The summed E-state index contributed by atoms with van der Waals surface area (Å²) >= 11 is 0. The second-order valence-electron chi connectivity index (χ2n) is 9.40. The number of nitrogens with zero attached hydrogens (tertiary/aromatic N) is 2. The van der Waals surface area contributed by atoms with E-state index < -0.39 is 5.97 Å². The highest BCUT2D eigenvalue weighted by atomic mass is 16.5. The summed E-state index contributed by atoms with van der Waals surface area (Å²) in [5.74, 6) is 0.889. The van der Waals surface area contributed by atoms with Gasteiger partial charge in [0, 0.05) is 40.4 Å². The number of carbonyl (C=O) groups excluding carboxylic acids is 1. The molecule has 0 saturated carbocycles. The van der Waals surface area contributed by atoms with Crippen LogP contribution in [-0.2, 0) is 17.6 Å². The molecule has 0 spiro atoms. The Morgan fingerprint density at radius 3 is 2.55 bits per heavy atom. The molecule has 200 valence electrons. The molecule has 0 saturated heterocycles. The normalized spacial score (nSPS) is 12.6. The molecule has 8 nitrogen and oxygen atoms in total. The largest absolute Gasteiger partial charge is 0.493 e. The first-order chi connectivity index (χ1) is 19.5. The molecule has 40 heavy (non-hydrogen) atoms. The van der Waals surface area contributed by atoms with Crippen LogP contribution in [0.1, 0.15) is 23.1 Å². The Balaban J connectivity index is 1.30. The van der Waals surface area contributed by atoms with Gasteiger partial charge in [0.15, 0.2) is 11.5 Å². The highest BCUT2D eigenvalue weighted by Gasteiger charge is 2.20. The summed E-state index contributed by atoms with van der Waals surface area (Å²) in [6.45, 7) is 0. The predicted molar refractivity (Wildman–Crippen MR) is 151 cm³/mol. The van der Waals surface area contributed by atoms with E-state index in [1.807, 2.05) is 60.8 Å². The van der Waals surface area contributed by atoms with E-state index >= 15 is 0 Å². The van der Waals surface area contributed by atoms with Crippen LogP contribution in [0.4, 0.5) is 0 Å². The van der Waals surface area contributed by atoms with E-state index in [-0.39, 0.29) is 5.63 Å². The van der Waals surface area contributed by atoms with Crippen LogP contribution in [0.5, 0.6) is 17.2 Å². The summed E-state index contributed by atoms with van der Waals surface area (Å²) in [7, 11) is 3.16. The van der Waals surface area contributed by atoms with Gasteiger partial charge in [0.25, 0.3) is 0 Å². The molecular formula is C32H26N2O6. The molecule has 2 heterocycles. The SMILES string of the molecule is COc1ccc(-c2nn(-c3ccccc3)cc2/C=C/C(=O)Oc2ccc3c4c(c(=O)oc3c2)CCC4)cc1OC. The van der Waals surface area contributed by atoms with Crippen LogP contribution in [0.25, 0.3) is 34.0 Å². The number of hydrogen-bond donors (Lipinski definition) is 0. The highest BCUT2D eigenvalue weighted by molar-refractivity contribution is 5.91. The molecule has 5 aromatic rings. The maximum Gasteiger partial charge on any atom is 0.339 e. The molecule has 0 bridgehead atoms. The number of rotatable bonds is 7. The molecule has 2 aromatic heterocycles. The molecule has 1 aliphatic rings. The van der Waals surface area contributed by atoms with Crippen molar-refractivity contribution in [2.75, 3.05) is 14.2 Å². The van der Waals surface area contributed by atoms with Gasteiger partial charge >= 0.3 is 11.6 Å². The van der Waals surface area contributed by atoms with Gasteiger partial charge in [0.1, 0.15) is 17.0 Å². The Morgan fingerprint density at radius 1 is 0.950 bits per heavy atom. The molecule has 8 heteroatoms. The van der Waals surface area contributed by atoms with E-state index in [9.17, 15) is 9.59 Å². The number of aryl methyl sites for hydroxylation is 1. The zero-order valence-corrected chi connectivity index (χ0v) is 22.0. The molecule has 0 fully saturated rings. The van der Waals surface area contributed by atoms with Crippen LogP contribution in [0.2, 0.25) is 0 Å². The monoisotopic (exact) mass is 534 g/mol. The van der Waals surface area contributed by atoms with Crippen molar-refractivity contribution in [2.24, 2.45) is 0 Å². The second kappa shape index (κ2) is 10.6. The maximum atomic E-state index is 12.8. The number of ether oxygens (including phenoxy) is 3. The lowest BCUT2D eigenvalue weighted by atomic mass is 10.1. The molecule has 0 radical (unpaired) electrons. The molecule has 0 aliphatic heterocycles. The number of esters is 1. The molecule has 6 rings (SSSR count). The van der Waals surface area contributed by atoms with E-state index in [1.54, 1.807) is 37.1 Å². The first kappa shape index (κ1) is 25.2. The number of hydrogen-bond acceptors (Lipinski definition) is 7. The van der Waals surface area contributed by atoms with Crippen LogP contribution in [-0.4, -0.2) is 30.0 Å². The molecular weight excluding hydrogens is 508 g/mol. The third-order valence-electron chi connectivity index (χ3n) is 6.98. The number of benzene rings is 3. The van der Waals surface area contributed by atoms with Crippen molar-refractivity contribution < 1.29 is 23.4 Å². The van der Waals surface area contributed by atoms with Gasteiger partial charge in [0.05, 0.1) is 19.9 Å². The van der Waals surface area contributed by atoms with Crippen LogP contribution in [0.15, 0.2) is 88.2 Å². The lowest BCUT2D eigenvalue weighted by molar-refractivity contribution is -0.128. The first-order valence-corrected chi connectivity index (χ1v) is 12.9. The van der Waals surface area contributed by atoms with Gasteiger partial charge < -0.3 is 18.6 Å². The fourth-order valence-electron chi connectivity index (χ4n) is 5.07. The van der Waals surface area contributed by atoms with E-state index in [0.717, 1.165) is 47.0 Å². The Labute approximate surface area is 230 Å². The summed E-state index contributed by atoms with van der Waals surface area (Å²) < 4.78 is 23.7. The minimum atomic E-state index is -0.575.